The number of halogens is 4. The number of aldehydes is 1. The van der Waals surface area contributed by atoms with Crippen molar-refractivity contribution in [3.05, 3.63) is 64.8 Å². The average Bonchev–Trinajstić information content (AvgIpc) is 3.67. The molecule has 1 aromatic heterocycles. The van der Waals surface area contributed by atoms with E-state index in [0.717, 1.165) is 48.3 Å². The van der Waals surface area contributed by atoms with Gasteiger partial charge in [-0.1, -0.05) is 23.7 Å². The molecule has 2 heterocycles. The Labute approximate surface area is 204 Å². The molecule has 0 radical (unpaired) electrons. The van der Waals surface area contributed by atoms with E-state index in [1.165, 1.54) is 5.56 Å². The molecule has 3 aromatic rings. The molecular weight excluding hydrogens is 483 g/mol. The smallest absolute Gasteiger partial charge is 0.339 e. The maximum Gasteiger partial charge on any atom is 0.446 e. The summed E-state index contributed by atoms with van der Waals surface area (Å²) in [5.41, 5.74) is 4.92. The van der Waals surface area contributed by atoms with Crippen molar-refractivity contribution in [1.82, 2.24) is 9.97 Å². The maximum atomic E-state index is 12.3. The Kier molecular flexibility index (Phi) is 7.20. The topological polar surface area (TPSA) is 96.0 Å². The highest BCUT2D eigenvalue weighted by molar-refractivity contribution is 6.32. The van der Waals surface area contributed by atoms with Crippen LogP contribution in [0, 0.1) is 5.92 Å². The van der Waals surface area contributed by atoms with E-state index in [1.807, 2.05) is 24.3 Å². The summed E-state index contributed by atoms with van der Waals surface area (Å²) >= 11 is 6.30. The molecule has 35 heavy (non-hydrogen) atoms. The first-order valence-corrected chi connectivity index (χ1v) is 11.2. The average molecular weight is 504 g/mol. The molecule has 0 saturated heterocycles. The van der Waals surface area contributed by atoms with Crippen LogP contribution in [0.3, 0.4) is 0 Å². The van der Waals surface area contributed by atoms with Crippen LogP contribution < -0.4 is 16.0 Å². The molecule has 1 amide bonds. The molecule has 1 aliphatic heterocycles. The third-order valence-corrected chi connectivity index (χ3v) is 5.59. The number of benzene rings is 2. The number of aromatic nitrogens is 2. The standard InChI is InChI=1S/C22H20ClN5O.C2HF3O/c23-18-12-24-22-26-16-3-1-2-13(10-16)4-5-15-11-17(25-20(18)28-22)8-9-19(15)27-21(29)14-6-7-14;3-2(4,5)1-6/h1-3,8-12,14H,4-7H2,(H,27,29)(H2,24,25,26,28);1H. The number of rotatable bonds is 2. The van der Waals surface area contributed by atoms with Gasteiger partial charge in [0.2, 0.25) is 18.1 Å². The third kappa shape index (κ3) is 6.92. The van der Waals surface area contributed by atoms with Gasteiger partial charge >= 0.3 is 6.18 Å². The van der Waals surface area contributed by atoms with E-state index in [0.29, 0.717) is 16.8 Å². The van der Waals surface area contributed by atoms with Gasteiger partial charge in [-0.15, -0.1) is 0 Å². The number of alkyl halides is 3. The van der Waals surface area contributed by atoms with Gasteiger partial charge in [0.1, 0.15) is 5.02 Å². The summed E-state index contributed by atoms with van der Waals surface area (Å²) in [5.74, 6) is 1.28. The van der Waals surface area contributed by atoms with Crippen LogP contribution in [0.1, 0.15) is 24.0 Å². The highest BCUT2D eigenvalue weighted by atomic mass is 35.5. The summed E-state index contributed by atoms with van der Waals surface area (Å²) in [7, 11) is 0. The molecule has 1 fully saturated rings. The van der Waals surface area contributed by atoms with Gasteiger partial charge in [-0.05, 0) is 67.1 Å². The summed E-state index contributed by atoms with van der Waals surface area (Å²) in [4.78, 5) is 29.8. The molecule has 2 aliphatic rings. The molecule has 0 unspecified atom stereocenters. The van der Waals surface area contributed by atoms with Crippen molar-refractivity contribution in [2.45, 2.75) is 31.9 Å². The van der Waals surface area contributed by atoms with Crippen LogP contribution in [0.4, 0.5) is 42.0 Å². The number of anilines is 5. The molecule has 0 atom stereocenters. The van der Waals surface area contributed by atoms with Gasteiger partial charge in [-0.2, -0.15) is 18.2 Å². The van der Waals surface area contributed by atoms with E-state index in [4.69, 9.17) is 16.4 Å². The number of nitrogens with zero attached hydrogens (tertiary/aromatic N) is 2. The second-order valence-electron chi connectivity index (χ2n) is 8.14. The van der Waals surface area contributed by atoms with Crippen molar-refractivity contribution in [1.29, 1.82) is 0 Å². The first kappa shape index (κ1) is 24.5. The van der Waals surface area contributed by atoms with Crippen molar-refractivity contribution in [3.8, 4) is 0 Å². The molecule has 3 N–H and O–H groups in total. The molecule has 5 rings (SSSR count). The van der Waals surface area contributed by atoms with Crippen LogP contribution >= 0.6 is 11.6 Å². The second kappa shape index (κ2) is 10.3. The predicted molar refractivity (Wildman–Crippen MR) is 127 cm³/mol. The fourth-order valence-electron chi connectivity index (χ4n) is 3.44. The maximum absolute atomic E-state index is 12.3. The Morgan fingerprint density at radius 3 is 2.54 bits per heavy atom. The van der Waals surface area contributed by atoms with Crippen LogP contribution in [0.5, 0.6) is 0 Å². The lowest BCUT2D eigenvalue weighted by Gasteiger charge is -2.14. The number of hydrogen-bond acceptors (Lipinski definition) is 6. The minimum atomic E-state index is -4.64. The lowest BCUT2D eigenvalue weighted by atomic mass is 10.0. The Balaban J connectivity index is 0.000000431. The van der Waals surface area contributed by atoms with E-state index in [1.54, 1.807) is 6.20 Å². The number of nitrogens with one attached hydrogen (secondary N) is 3. The molecule has 11 heteroatoms. The lowest BCUT2D eigenvalue weighted by Crippen LogP contribution is -2.15. The SMILES string of the molecule is O=C(Nc1ccc2cc1CCc1cccc(c1)Nc1ncc(Cl)c(n1)N2)C1CC1.O=CC(F)(F)F. The van der Waals surface area contributed by atoms with E-state index in [9.17, 15) is 18.0 Å². The molecule has 6 bridgehead atoms. The monoisotopic (exact) mass is 503 g/mol. The van der Waals surface area contributed by atoms with Crippen molar-refractivity contribution in [2.75, 3.05) is 16.0 Å². The predicted octanol–water partition coefficient (Wildman–Crippen LogP) is 5.81. The summed E-state index contributed by atoms with van der Waals surface area (Å²) < 4.78 is 31.2. The van der Waals surface area contributed by atoms with E-state index in [2.05, 4.69) is 44.1 Å². The number of carbonyl (C=O) groups is 2. The minimum Gasteiger partial charge on any atom is -0.339 e. The third-order valence-electron chi connectivity index (χ3n) is 5.32. The molecular formula is C24H21ClF3N5O2. The largest absolute Gasteiger partial charge is 0.446 e. The van der Waals surface area contributed by atoms with Gasteiger partial charge in [-0.3, -0.25) is 9.59 Å². The van der Waals surface area contributed by atoms with Crippen molar-refractivity contribution in [2.24, 2.45) is 5.92 Å². The molecule has 2 aromatic carbocycles. The molecule has 182 valence electrons. The van der Waals surface area contributed by atoms with Crippen LogP contribution in [-0.4, -0.2) is 28.3 Å². The van der Waals surface area contributed by atoms with E-state index < -0.39 is 12.5 Å². The second-order valence-corrected chi connectivity index (χ2v) is 8.54. The van der Waals surface area contributed by atoms with Gasteiger partial charge in [0.25, 0.3) is 0 Å². The number of hydrogen-bond donors (Lipinski definition) is 3. The number of amides is 1. The number of aryl methyl sites for hydroxylation is 2. The zero-order valence-electron chi connectivity index (χ0n) is 18.3. The zero-order chi connectivity index (χ0) is 25.0. The van der Waals surface area contributed by atoms with Crippen LogP contribution in [0.2, 0.25) is 5.02 Å². The minimum absolute atomic E-state index is 0.111. The first-order chi connectivity index (χ1) is 16.7. The summed E-state index contributed by atoms with van der Waals surface area (Å²) in [6.45, 7) is 0. The lowest BCUT2D eigenvalue weighted by molar-refractivity contribution is -0.156. The van der Waals surface area contributed by atoms with Gasteiger partial charge in [0.05, 0.1) is 6.20 Å². The van der Waals surface area contributed by atoms with Crippen molar-refractivity contribution < 1.29 is 22.8 Å². The van der Waals surface area contributed by atoms with E-state index in [-0.39, 0.29) is 11.8 Å². The molecule has 1 saturated carbocycles. The van der Waals surface area contributed by atoms with Gasteiger partial charge in [0.15, 0.2) is 5.82 Å². The number of fused-ring (bicyclic) bond motifs is 6. The highest BCUT2D eigenvalue weighted by Crippen LogP contribution is 2.33. The normalized spacial score (nSPS) is 14.4. The fourth-order valence-corrected chi connectivity index (χ4v) is 3.58. The summed E-state index contributed by atoms with van der Waals surface area (Å²) in [6.07, 6.45) is -0.508. The van der Waals surface area contributed by atoms with Crippen LogP contribution in [0.15, 0.2) is 48.7 Å². The summed E-state index contributed by atoms with van der Waals surface area (Å²) in [5, 5.41) is 10.1. The molecule has 7 nitrogen and oxygen atoms in total. The highest BCUT2D eigenvalue weighted by Gasteiger charge is 2.30. The quantitative estimate of drug-likeness (QED) is 0.382. The van der Waals surface area contributed by atoms with E-state index >= 15 is 0 Å². The van der Waals surface area contributed by atoms with Crippen LogP contribution in [-0.2, 0) is 22.4 Å². The Morgan fingerprint density at radius 2 is 1.83 bits per heavy atom. The van der Waals surface area contributed by atoms with Gasteiger partial charge in [0, 0.05) is 23.0 Å². The van der Waals surface area contributed by atoms with Gasteiger partial charge in [-0.25, -0.2) is 4.98 Å². The Morgan fingerprint density at radius 1 is 1.09 bits per heavy atom. The van der Waals surface area contributed by atoms with Gasteiger partial charge < -0.3 is 16.0 Å². The number of carbonyl (C=O) groups excluding carboxylic acids is 2. The van der Waals surface area contributed by atoms with Crippen LogP contribution in [0.25, 0.3) is 0 Å². The van der Waals surface area contributed by atoms with Crippen molar-refractivity contribution >= 4 is 52.6 Å². The van der Waals surface area contributed by atoms with Crippen molar-refractivity contribution in [3.63, 3.8) is 0 Å². The Bertz CT molecular complexity index is 1250. The Hall–Kier alpha value is -3.66. The molecule has 1 aliphatic carbocycles. The fraction of sp³-hybridized carbons (Fsp3) is 0.250. The first-order valence-electron chi connectivity index (χ1n) is 10.8. The zero-order valence-corrected chi connectivity index (χ0v) is 19.1. The summed E-state index contributed by atoms with van der Waals surface area (Å²) in [6, 6.07) is 14.1. The molecule has 0 spiro atoms.